The van der Waals surface area contributed by atoms with Gasteiger partial charge in [-0.25, -0.2) is 21.9 Å². The molecule has 1 N–H and O–H groups in total. The average molecular weight is 374 g/mol. The monoisotopic (exact) mass is 374 g/mol. The van der Waals surface area contributed by atoms with E-state index < -0.39 is 33.5 Å². The van der Waals surface area contributed by atoms with Gasteiger partial charge in [-0.15, -0.1) is 0 Å². The minimum Gasteiger partial charge on any atom is -0.273 e. The van der Waals surface area contributed by atoms with Crippen molar-refractivity contribution >= 4 is 26.8 Å². The number of carbonyl (C=O) groups excluding carboxylic acids is 1. The lowest BCUT2D eigenvalue weighted by molar-refractivity contribution is -0.121. The molecule has 3 aromatic rings. The summed E-state index contributed by atoms with van der Waals surface area (Å²) in [5, 5.41) is 0.0767. The van der Waals surface area contributed by atoms with E-state index in [0.717, 1.165) is 17.7 Å². The lowest BCUT2D eigenvalue weighted by Gasteiger charge is -2.28. The van der Waals surface area contributed by atoms with Crippen LogP contribution in [-0.4, -0.2) is 19.3 Å². The van der Waals surface area contributed by atoms with E-state index in [4.69, 9.17) is 0 Å². The normalized spacial score (nSPS) is 16.0. The van der Waals surface area contributed by atoms with Crippen molar-refractivity contribution in [1.82, 2.24) is 9.71 Å². The highest BCUT2D eigenvalue weighted by Gasteiger charge is 2.35. The molecular formula is C18H12F2N2O3S. The van der Waals surface area contributed by atoms with Crippen LogP contribution in [0.1, 0.15) is 17.0 Å². The van der Waals surface area contributed by atoms with Crippen LogP contribution in [0.25, 0.3) is 10.9 Å². The van der Waals surface area contributed by atoms with E-state index in [2.05, 4.69) is 4.98 Å². The zero-order valence-corrected chi connectivity index (χ0v) is 14.1. The Hall–Kier alpha value is -2.87. The van der Waals surface area contributed by atoms with E-state index in [1.165, 1.54) is 30.5 Å². The summed E-state index contributed by atoms with van der Waals surface area (Å²) in [5.74, 6) is -2.63. The third kappa shape index (κ3) is 2.62. The SMILES string of the molecule is O=C(NS(=O)(=O)c1ccc(F)c2ncccc12)C1Cc2ccc(F)cc21. The number of sulfonamides is 1. The van der Waals surface area contributed by atoms with Gasteiger partial charge in [0.05, 0.1) is 10.8 Å². The number of halogens is 2. The maximum absolute atomic E-state index is 13.8. The van der Waals surface area contributed by atoms with Crippen LogP contribution in [0.15, 0.2) is 53.6 Å². The van der Waals surface area contributed by atoms with Crippen LogP contribution in [0, 0.1) is 11.6 Å². The molecule has 8 heteroatoms. The Labute approximate surface area is 147 Å². The summed E-state index contributed by atoms with van der Waals surface area (Å²) in [5.41, 5.74) is 1.18. The largest absolute Gasteiger partial charge is 0.273 e. The summed E-state index contributed by atoms with van der Waals surface area (Å²) in [6.45, 7) is 0. The van der Waals surface area contributed by atoms with E-state index in [1.807, 2.05) is 4.72 Å². The molecule has 132 valence electrons. The molecule has 26 heavy (non-hydrogen) atoms. The van der Waals surface area contributed by atoms with Crippen LogP contribution in [0.4, 0.5) is 8.78 Å². The second kappa shape index (κ2) is 5.84. The van der Waals surface area contributed by atoms with Gasteiger partial charge in [-0.1, -0.05) is 6.07 Å². The van der Waals surface area contributed by atoms with Gasteiger partial charge in [0.2, 0.25) is 5.91 Å². The van der Waals surface area contributed by atoms with Crippen LogP contribution in [0.5, 0.6) is 0 Å². The lowest BCUT2D eigenvalue weighted by atomic mass is 9.77. The highest BCUT2D eigenvalue weighted by Crippen LogP contribution is 2.36. The number of nitrogens with one attached hydrogen (secondary N) is 1. The number of aromatic nitrogens is 1. The standard InChI is InChI=1S/C18H12F2N2O3S/c19-11-4-3-10-8-14(13(10)9-11)18(23)22-26(24,25)16-6-5-15(20)17-12(16)2-1-7-21-17/h1-7,9,14H,8H2,(H,22,23). The van der Waals surface area contributed by atoms with Crippen molar-refractivity contribution in [2.24, 2.45) is 0 Å². The van der Waals surface area contributed by atoms with Crippen LogP contribution >= 0.6 is 0 Å². The summed E-state index contributed by atoms with van der Waals surface area (Å²) in [6, 6.07) is 9.06. The fraction of sp³-hybridized carbons (Fsp3) is 0.111. The van der Waals surface area contributed by atoms with E-state index in [0.29, 0.717) is 12.0 Å². The number of pyridine rings is 1. The van der Waals surface area contributed by atoms with Crippen molar-refractivity contribution in [3.05, 3.63) is 71.4 Å². The number of rotatable bonds is 3. The fourth-order valence-electron chi connectivity index (χ4n) is 3.11. The Balaban J connectivity index is 1.67. The van der Waals surface area contributed by atoms with Crippen LogP contribution < -0.4 is 4.72 Å². The highest BCUT2D eigenvalue weighted by atomic mass is 32.2. The molecule has 1 atom stereocenters. The molecule has 0 saturated heterocycles. The summed E-state index contributed by atoms with van der Waals surface area (Å²) < 4.78 is 54.4. The molecule has 0 fully saturated rings. The molecule has 0 spiro atoms. The molecule has 0 bridgehead atoms. The van der Waals surface area contributed by atoms with Gasteiger partial charge in [0.15, 0.2) is 0 Å². The summed E-state index contributed by atoms with van der Waals surface area (Å²) in [6.07, 6.45) is 1.68. The van der Waals surface area contributed by atoms with Crippen LogP contribution in [0.3, 0.4) is 0 Å². The number of hydrogen-bond acceptors (Lipinski definition) is 4. The summed E-state index contributed by atoms with van der Waals surface area (Å²) in [7, 11) is -4.24. The predicted octanol–water partition coefficient (Wildman–Crippen LogP) is 2.66. The minimum absolute atomic E-state index is 0.0767. The van der Waals surface area contributed by atoms with E-state index >= 15 is 0 Å². The number of fused-ring (bicyclic) bond motifs is 2. The van der Waals surface area contributed by atoms with Gasteiger partial charge in [-0.05, 0) is 53.9 Å². The average Bonchev–Trinajstić information content (AvgIpc) is 2.57. The van der Waals surface area contributed by atoms with Crippen LogP contribution in [-0.2, 0) is 21.2 Å². The van der Waals surface area contributed by atoms with Gasteiger partial charge in [0, 0.05) is 11.6 Å². The number of benzene rings is 2. The first-order valence-corrected chi connectivity index (χ1v) is 9.23. The van der Waals surface area contributed by atoms with Crippen molar-refractivity contribution in [3.8, 4) is 0 Å². The number of nitrogens with zero attached hydrogens (tertiary/aromatic N) is 1. The predicted molar refractivity (Wildman–Crippen MR) is 89.9 cm³/mol. The first-order chi connectivity index (χ1) is 12.4. The van der Waals surface area contributed by atoms with Gasteiger partial charge in [0.1, 0.15) is 17.2 Å². The molecule has 1 aromatic heterocycles. The first kappa shape index (κ1) is 16.6. The van der Waals surface area contributed by atoms with Crippen molar-refractivity contribution in [1.29, 1.82) is 0 Å². The fourth-order valence-corrected chi connectivity index (χ4v) is 4.33. The Morgan fingerprint density at radius 1 is 1.15 bits per heavy atom. The van der Waals surface area contributed by atoms with Crippen molar-refractivity contribution in [2.45, 2.75) is 17.2 Å². The second-order valence-corrected chi connectivity index (χ2v) is 7.67. The molecule has 0 saturated carbocycles. The Morgan fingerprint density at radius 3 is 2.77 bits per heavy atom. The van der Waals surface area contributed by atoms with Gasteiger partial charge >= 0.3 is 0 Å². The molecular weight excluding hydrogens is 362 g/mol. The van der Waals surface area contributed by atoms with Gasteiger partial charge < -0.3 is 0 Å². The topological polar surface area (TPSA) is 76.1 Å². The summed E-state index contributed by atoms with van der Waals surface area (Å²) in [4.78, 5) is 16.0. The van der Waals surface area contributed by atoms with Gasteiger partial charge in [0.25, 0.3) is 10.0 Å². The Morgan fingerprint density at radius 2 is 1.96 bits per heavy atom. The molecule has 0 aliphatic heterocycles. The molecule has 1 aliphatic carbocycles. The molecule has 5 nitrogen and oxygen atoms in total. The number of amides is 1. The molecule has 2 aromatic carbocycles. The summed E-state index contributed by atoms with van der Waals surface area (Å²) >= 11 is 0. The van der Waals surface area contributed by atoms with Crippen molar-refractivity contribution in [3.63, 3.8) is 0 Å². The lowest BCUT2D eigenvalue weighted by Crippen LogP contribution is -2.39. The van der Waals surface area contributed by atoms with Crippen molar-refractivity contribution in [2.75, 3.05) is 0 Å². The van der Waals surface area contributed by atoms with Gasteiger partial charge in [-0.2, -0.15) is 0 Å². The zero-order chi connectivity index (χ0) is 18.5. The maximum atomic E-state index is 13.8. The van der Waals surface area contributed by atoms with Crippen molar-refractivity contribution < 1.29 is 22.0 Å². The van der Waals surface area contributed by atoms with E-state index in [1.54, 1.807) is 6.07 Å². The third-order valence-corrected chi connectivity index (χ3v) is 5.83. The molecule has 1 heterocycles. The number of hydrogen-bond donors (Lipinski definition) is 1. The molecule has 1 aliphatic rings. The molecule has 0 radical (unpaired) electrons. The molecule has 4 rings (SSSR count). The van der Waals surface area contributed by atoms with Crippen LogP contribution in [0.2, 0.25) is 0 Å². The smallest absolute Gasteiger partial charge is 0.264 e. The second-order valence-electron chi connectivity index (χ2n) is 6.01. The number of carbonyl (C=O) groups is 1. The third-order valence-electron chi connectivity index (χ3n) is 4.43. The van der Waals surface area contributed by atoms with E-state index in [-0.39, 0.29) is 15.8 Å². The molecule has 1 unspecified atom stereocenters. The highest BCUT2D eigenvalue weighted by molar-refractivity contribution is 7.90. The quantitative estimate of drug-likeness (QED) is 0.765. The Bertz CT molecular complexity index is 1160. The van der Waals surface area contributed by atoms with Gasteiger partial charge in [-0.3, -0.25) is 9.78 Å². The minimum atomic E-state index is -4.24. The van der Waals surface area contributed by atoms with E-state index in [9.17, 15) is 22.0 Å². The maximum Gasteiger partial charge on any atom is 0.264 e. The first-order valence-electron chi connectivity index (χ1n) is 7.75. The Kier molecular flexibility index (Phi) is 3.73. The molecule has 1 amide bonds. The zero-order valence-electron chi connectivity index (χ0n) is 13.2.